The number of nitrogens with zero attached hydrogens (tertiary/aromatic N) is 4. The first kappa shape index (κ1) is 17.6. The summed E-state index contributed by atoms with van der Waals surface area (Å²) >= 11 is 0. The first-order chi connectivity index (χ1) is 14.3. The zero-order chi connectivity index (χ0) is 19.6. The molecule has 0 atom stereocenters. The molecule has 146 valence electrons. The smallest absolute Gasteiger partial charge is 0.272 e. The van der Waals surface area contributed by atoms with Crippen molar-refractivity contribution in [3.8, 4) is 34.5 Å². The normalized spacial score (nSPS) is 14.3. The summed E-state index contributed by atoms with van der Waals surface area (Å²) in [6, 6.07) is 17.8. The maximum absolute atomic E-state index is 6.16. The minimum absolute atomic E-state index is 0.341. The fraction of sp³-hybridized carbons (Fsp3) is 0.227. The standard InChI is InChI=1S/C22H20N4O3/c1-15-7-9-17(10-8-15)20-24-25-21(28-20)18-22(26-11-13-27-14-12-26)29-19(23-18)16-5-3-2-4-6-16/h2-10H,11-14H2,1H3. The largest absolute Gasteiger partial charge is 0.420 e. The van der Waals surface area contributed by atoms with Crippen LogP contribution in [0.25, 0.3) is 34.5 Å². The van der Waals surface area contributed by atoms with Crippen LogP contribution in [0.4, 0.5) is 5.88 Å². The predicted octanol–water partition coefficient (Wildman–Crippen LogP) is 4.20. The molecule has 2 aromatic carbocycles. The maximum Gasteiger partial charge on any atom is 0.272 e. The number of morpholine rings is 1. The Bertz CT molecular complexity index is 1100. The van der Waals surface area contributed by atoms with Gasteiger partial charge in [-0.1, -0.05) is 35.9 Å². The molecule has 7 nitrogen and oxygen atoms in total. The Morgan fingerprint density at radius 3 is 2.21 bits per heavy atom. The van der Waals surface area contributed by atoms with Gasteiger partial charge in [-0.2, -0.15) is 0 Å². The van der Waals surface area contributed by atoms with Crippen LogP contribution >= 0.6 is 0 Å². The van der Waals surface area contributed by atoms with E-state index in [1.165, 1.54) is 5.56 Å². The predicted molar refractivity (Wildman–Crippen MR) is 108 cm³/mol. The van der Waals surface area contributed by atoms with Crippen molar-refractivity contribution in [2.45, 2.75) is 6.92 Å². The highest BCUT2D eigenvalue weighted by atomic mass is 16.5. The van der Waals surface area contributed by atoms with Gasteiger partial charge in [0.1, 0.15) is 0 Å². The zero-order valence-electron chi connectivity index (χ0n) is 16.0. The third-order valence-corrected chi connectivity index (χ3v) is 4.85. The van der Waals surface area contributed by atoms with Gasteiger partial charge in [-0.15, -0.1) is 10.2 Å². The van der Waals surface area contributed by atoms with Crippen molar-refractivity contribution in [1.29, 1.82) is 0 Å². The fourth-order valence-electron chi connectivity index (χ4n) is 3.27. The molecule has 1 saturated heterocycles. The third kappa shape index (κ3) is 3.52. The van der Waals surface area contributed by atoms with E-state index in [1.807, 2.05) is 61.5 Å². The molecule has 1 aliphatic heterocycles. The lowest BCUT2D eigenvalue weighted by Crippen LogP contribution is -2.36. The summed E-state index contributed by atoms with van der Waals surface area (Å²) in [6.45, 7) is 4.75. The van der Waals surface area contributed by atoms with Gasteiger partial charge in [0.05, 0.1) is 13.2 Å². The summed E-state index contributed by atoms with van der Waals surface area (Å²) in [6.07, 6.45) is 0. The highest BCUT2D eigenvalue weighted by Gasteiger charge is 2.27. The number of rotatable bonds is 4. The molecular formula is C22H20N4O3. The summed E-state index contributed by atoms with van der Waals surface area (Å²) < 4.78 is 17.6. The number of anilines is 1. The van der Waals surface area contributed by atoms with Crippen LogP contribution in [0, 0.1) is 6.92 Å². The second-order valence-corrected chi connectivity index (χ2v) is 6.92. The topological polar surface area (TPSA) is 77.4 Å². The molecule has 1 fully saturated rings. The number of aryl methyl sites for hydroxylation is 1. The van der Waals surface area contributed by atoms with Gasteiger partial charge in [0, 0.05) is 24.2 Å². The van der Waals surface area contributed by atoms with Gasteiger partial charge in [-0.25, -0.2) is 4.98 Å². The average Bonchev–Trinajstić information content (AvgIpc) is 3.43. The van der Waals surface area contributed by atoms with E-state index >= 15 is 0 Å². The zero-order valence-corrected chi connectivity index (χ0v) is 16.0. The molecule has 0 N–H and O–H groups in total. The minimum atomic E-state index is 0.341. The summed E-state index contributed by atoms with van der Waals surface area (Å²) in [5.74, 6) is 1.95. The molecule has 0 spiro atoms. The van der Waals surface area contributed by atoms with Crippen LogP contribution in [-0.2, 0) is 4.74 Å². The molecule has 0 bridgehead atoms. The van der Waals surface area contributed by atoms with Gasteiger partial charge in [-0.3, -0.25) is 0 Å². The molecule has 0 aliphatic carbocycles. The second kappa shape index (κ2) is 7.52. The van der Waals surface area contributed by atoms with Crippen molar-refractivity contribution < 1.29 is 13.6 Å². The second-order valence-electron chi connectivity index (χ2n) is 6.92. The van der Waals surface area contributed by atoms with Gasteiger partial charge >= 0.3 is 0 Å². The monoisotopic (exact) mass is 388 g/mol. The van der Waals surface area contributed by atoms with Crippen LogP contribution in [0.3, 0.4) is 0 Å². The van der Waals surface area contributed by atoms with Crippen molar-refractivity contribution in [3.63, 3.8) is 0 Å². The molecule has 0 saturated carbocycles. The van der Waals surface area contributed by atoms with Crippen LogP contribution < -0.4 is 4.90 Å². The van der Waals surface area contributed by atoms with Crippen molar-refractivity contribution in [1.82, 2.24) is 15.2 Å². The van der Waals surface area contributed by atoms with E-state index in [0.29, 0.717) is 42.5 Å². The number of benzene rings is 2. The van der Waals surface area contributed by atoms with Crippen molar-refractivity contribution in [2.75, 3.05) is 31.2 Å². The number of hydrogen-bond acceptors (Lipinski definition) is 7. The van der Waals surface area contributed by atoms with Crippen LogP contribution in [-0.4, -0.2) is 41.5 Å². The number of aromatic nitrogens is 3. The molecule has 1 aliphatic rings. The number of hydrogen-bond donors (Lipinski definition) is 0. The number of ether oxygens (including phenoxy) is 1. The Balaban J connectivity index is 1.56. The van der Waals surface area contributed by atoms with Gasteiger partial charge in [0.2, 0.25) is 17.7 Å². The first-order valence-electron chi connectivity index (χ1n) is 9.58. The van der Waals surface area contributed by atoms with Gasteiger partial charge in [0.25, 0.3) is 5.89 Å². The van der Waals surface area contributed by atoms with Crippen molar-refractivity contribution in [2.24, 2.45) is 0 Å². The van der Waals surface area contributed by atoms with Crippen molar-refractivity contribution >= 4 is 5.88 Å². The van der Waals surface area contributed by atoms with E-state index in [4.69, 9.17) is 18.6 Å². The van der Waals surface area contributed by atoms with Crippen LogP contribution in [0.2, 0.25) is 0 Å². The Morgan fingerprint density at radius 1 is 0.759 bits per heavy atom. The molecule has 4 aromatic rings. The number of oxazole rings is 1. The molecule has 5 rings (SSSR count). The Hall–Kier alpha value is -3.45. The van der Waals surface area contributed by atoms with Crippen LogP contribution in [0.1, 0.15) is 5.56 Å². The average molecular weight is 388 g/mol. The third-order valence-electron chi connectivity index (χ3n) is 4.85. The highest BCUT2D eigenvalue weighted by Crippen LogP contribution is 2.36. The van der Waals surface area contributed by atoms with E-state index in [0.717, 1.165) is 24.2 Å². The summed E-state index contributed by atoms with van der Waals surface area (Å²) in [4.78, 5) is 6.81. The van der Waals surface area contributed by atoms with Gasteiger partial charge < -0.3 is 18.5 Å². The molecule has 29 heavy (non-hydrogen) atoms. The Morgan fingerprint density at radius 2 is 1.45 bits per heavy atom. The first-order valence-corrected chi connectivity index (χ1v) is 9.58. The molecule has 0 unspecified atom stereocenters. The van der Waals surface area contributed by atoms with E-state index in [-0.39, 0.29) is 0 Å². The molecule has 0 radical (unpaired) electrons. The van der Waals surface area contributed by atoms with Crippen molar-refractivity contribution in [3.05, 3.63) is 60.2 Å². The summed E-state index contributed by atoms with van der Waals surface area (Å²) in [5, 5.41) is 8.47. The van der Waals surface area contributed by atoms with E-state index < -0.39 is 0 Å². The lowest BCUT2D eigenvalue weighted by Gasteiger charge is -2.26. The lowest BCUT2D eigenvalue weighted by atomic mass is 10.1. The Kier molecular flexibility index (Phi) is 4.57. The Labute approximate surface area is 168 Å². The van der Waals surface area contributed by atoms with Crippen LogP contribution in [0.15, 0.2) is 63.4 Å². The maximum atomic E-state index is 6.16. The van der Waals surface area contributed by atoms with Gasteiger partial charge in [0.15, 0.2) is 5.69 Å². The van der Waals surface area contributed by atoms with E-state index in [1.54, 1.807) is 0 Å². The summed E-state index contributed by atoms with van der Waals surface area (Å²) in [7, 11) is 0. The molecule has 3 heterocycles. The SMILES string of the molecule is Cc1ccc(-c2nnc(-c3nc(-c4ccccc4)oc3N3CCOCC3)o2)cc1. The van der Waals surface area contributed by atoms with E-state index in [9.17, 15) is 0 Å². The summed E-state index contributed by atoms with van der Waals surface area (Å²) in [5.41, 5.74) is 3.49. The highest BCUT2D eigenvalue weighted by molar-refractivity contribution is 5.70. The molecule has 0 amide bonds. The fourth-order valence-corrected chi connectivity index (χ4v) is 3.27. The van der Waals surface area contributed by atoms with Gasteiger partial charge in [-0.05, 0) is 31.2 Å². The lowest BCUT2D eigenvalue weighted by molar-refractivity contribution is 0.121. The molecular weight excluding hydrogens is 368 g/mol. The molecule has 7 heteroatoms. The quantitative estimate of drug-likeness (QED) is 0.518. The molecule has 2 aromatic heterocycles. The van der Waals surface area contributed by atoms with E-state index in [2.05, 4.69) is 15.1 Å². The minimum Gasteiger partial charge on any atom is -0.420 e. The van der Waals surface area contributed by atoms with Crippen LogP contribution in [0.5, 0.6) is 0 Å².